The van der Waals surface area contributed by atoms with E-state index in [1.54, 1.807) is 0 Å². The Balaban J connectivity index is 0.937. The van der Waals surface area contributed by atoms with E-state index in [0.29, 0.717) is 0 Å². The molecule has 0 aliphatic carbocycles. The number of aromatic nitrogens is 2. The molecule has 10 aromatic carbocycles. The van der Waals surface area contributed by atoms with E-state index in [-0.39, 0.29) is 0 Å². The van der Waals surface area contributed by atoms with Crippen molar-refractivity contribution in [1.29, 1.82) is 0 Å². The summed E-state index contributed by atoms with van der Waals surface area (Å²) in [6, 6.07) is 81.4. The molecule has 2 heterocycles. The first kappa shape index (κ1) is 34.9. The highest BCUT2D eigenvalue weighted by Crippen LogP contribution is 2.39. The minimum Gasteiger partial charge on any atom is -0.311 e. The molecular formula is C58H39N3. The van der Waals surface area contributed by atoms with Crippen molar-refractivity contribution < 1.29 is 0 Å². The lowest BCUT2D eigenvalue weighted by Gasteiger charge is -2.26. The van der Waals surface area contributed by atoms with Gasteiger partial charge in [0.2, 0.25) is 0 Å². The molecule has 0 saturated carbocycles. The Morgan fingerprint density at radius 2 is 0.689 bits per heavy atom. The second kappa shape index (κ2) is 14.3. The first-order valence-electron chi connectivity index (χ1n) is 20.9. The van der Waals surface area contributed by atoms with Crippen LogP contribution in [0.4, 0.5) is 17.1 Å². The quantitative estimate of drug-likeness (QED) is 0.116. The molecule has 0 atom stereocenters. The third-order valence-corrected chi connectivity index (χ3v) is 12.3. The fraction of sp³-hybridized carbons (Fsp3) is 0. The average molecular weight is 778 g/mol. The summed E-state index contributed by atoms with van der Waals surface area (Å²) < 4.78 is 4.75. The first-order chi connectivity index (χ1) is 30.2. The van der Waals surface area contributed by atoms with Gasteiger partial charge in [-0.05, 0) is 130 Å². The second-order valence-corrected chi connectivity index (χ2v) is 15.8. The Kier molecular flexibility index (Phi) is 8.17. The summed E-state index contributed by atoms with van der Waals surface area (Å²) in [7, 11) is 0. The fourth-order valence-corrected chi connectivity index (χ4v) is 9.41. The van der Waals surface area contributed by atoms with Crippen LogP contribution in [0.1, 0.15) is 11.1 Å². The van der Waals surface area contributed by atoms with Crippen LogP contribution in [-0.4, -0.2) is 9.13 Å². The van der Waals surface area contributed by atoms with Gasteiger partial charge in [-0.15, -0.1) is 0 Å². The maximum Gasteiger partial charge on any atom is 0.0541 e. The van der Waals surface area contributed by atoms with E-state index in [4.69, 9.17) is 0 Å². The average Bonchev–Trinajstić information content (AvgIpc) is 3.84. The molecule has 286 valence electrons. The zero-order chi connectivity index (χ0) is 40.3. The standard InChI is InChI=1S/C58H39N3/c1-2-13-43-39-54-41(14-11-15-44(54)38-42(43)12-1)27-24-40-25-28-45(29-26-40)59(46-30-34-48(35-31-46)60-55-20-7-3-16-50(55)51-17-4-8-21-56(51)60)47-32-36-49(37-33-47)61-57-22-9-5-18-52(57)53-19-6-10-23-58(53)61/h1-39H. The largest absolute Gasteiger partial charge is 0.311 e. The maximum atomic E-state index is 2.37. The molecule has 0 radical (unpaired) electrons. The molecule has 0 aliphatic rings. The van der Waals surface area contributed by atoms with Crippen LogP contribution in [0.5, 0.6) is 0 Å². The molecule has 0 aliphatic heterocycles. The molecule has 3 heteroatoms. The highest BCUT2D eigenvalue weighted by molar-refractivity contribution is 6.10. The predicted octanol–water partition coefficient (Wildman–Crippen LogP) is 15.8. The molecule has 2 aromatic heterocycles. The predicted molar refractivity (Wildman–Crippen MR) is 260 cm³/mol. The normalized spacial score (nSPS) is 11.9. The fourth-order valence-electron chi connectivity index (χ4n) is 9.41. The van der Waals surface area contributed by atoms with Crippen LogP contribution in [0.2, 0.25) is 0 Å². The topological polar surface area (TPSA) is 13.1 Å². The number of hydrogen-bond acceptors (Lipinski definition) is 1. The Hall–Kier alpha value is -8.14. The van der Waals surface area contributed by atoms with E-state index in [1.807, 2.05) is 0 Å². The van der Waals surface area contributed by atoms with Gasteiger partial charge in [-0.3, -0.25) is 0 Å². The van der Waals surface area contributed by atoms with Gasteiger partial charge in [-0.25, -0.2) is 0 Å². The SMILES string of the molecule is C(=Cc1cccc2cc3ccccc3cc12)c1ccc(N(c2ccc(-n3c4ccccc4c4ccccc43)cc2)c2ccc(-n3c4ccccc4c4ccccc43)cc2)cc1. The summed E-state index contributed by atoms with van der Waals surface area (Å²) >= 11 is 0. The lowest BCUT2D eigenvalue weighted by Crippen LogP contribution is -2.10. The number of para-hydroxylation sites is 4. The van der Waals surface area contributed by atoms with E-state index < -0.39 is 0 Å². The molecule has 12 aromatic rings. The molecule has 0 fully saturated rings. The van der Waals surface area contributed by atoms with Crippen molar-refractivity contribution in [1.82, 2.24) is 9.13 Å². The molecule has 0 unspecified atom stereocenters. The number of hydrogen-bond donors (Lipinski definition) is 0. The minimum absolute atomic E-state index is 1.08. The number of anilines is 3. The van der Waals surface area contributed by atoms with Crippen molar-refractivity contribution in [3.8, 4) is 11.4 Å². The number of benzene rings is 10. The lowest BCUT2D eigenvalue weighted by molar-refractivity contribution is 1.17. The number of nitrogens with zero attached hydrogens (tertiary/aromatic N) is 3. The summed E-state index contributed by atoms with van der Waals surface area (Å²) in [5, 5.41) is 10.1. The van der Waals surface area contributed by atoms with Crippen LogP contribution in [0.15, 0.2) is 224 Å². The minimum atomic E-state index is 1.08. The van der Waals surface area contributed by atoms with Crippen molar-refractivity contribution >= 4 is 94.4 Å². The van der Waals surface area contributed by atoms with Gasteiger partial charge < -0.3 is 14.0 Å². The van der Waals surface area contributed by atoms with E-state index in [0.717, 1.165) is 34.0 Å². The van der Waals surface area contributed by atoms with Crippen molar-refractivity contribution in [2.45, 2.75) is 0 Å². The molecular weight excluding hydrogens is 739 g/mol. The summed E-state index contributed by atoms with van der Waals surface area (Å²) in [4.78, 5) is 2.36. The number of rotatable bonds is 7. The van der Waals surface area contributed by atoms with Gasteiger partial charge in [0.05, 0.1) is 22.1 Å². The Morgan fingerprint density at radius 3 is 1.16 bits per heavy atom. The molecule has 0 bridgehead atoms. The Morgan fingerprint density at radius 1 is 0.295 bits per heavy atom. The molecule has 0 amide bonds. The molecule has 3 nitrogen and oxygen atoms in total. The van der Waals surface area contributed by atoms with Crippen LogP contribution in [0, 0.1) is 0 Å². The molecule has 0 N–H and O–H groups in total. The van der Waals surface area contributed by atoms with Gasteiger partial charge in [0.1, 0.15) is 0 Å². The first-order valence-corrected chi connectivity index (χ1v) is 20.9. The van der Waals surface area contributed by atoms with Gasteiger partial charge in [0.15, 0.2) is 0 Å². The third kappa shape index (κ3) is 5.90. The summed E-state index contributed by atoms with van der Waals surface area (Å²) in [5.74, 6) is 0. The van der Waals surface area contributed by atoms with Crippen molar-refractivity contribution in [3.05, 3.63) is 236 Å². The van der Waals surface area contributed by atoms with Crippen LogP contribution >= 0.6 is 0 Å². The molecule has 0 spiro atoms. The van der Waals surface area contributed by atoms with Crippen LogP contribution in [0.3, 0.4) is 0 Å². The maximum absolute atomic E-state index is 2.37. The van der Waals surface area contributed by atoms with E-state index in [1.165, 1.54) is 70.7 Å². The highest BCUT2D eigenvalue weighted by atomic mass is 15.1. The van der Waals surface area contributed by atoms with Gasteiger partial charge >= 0.3 is 0 Å². The van der Waals surface area contributed by atoms with Crippen LogP contribution in [-0.2, 0) is 0 Å². The van der Waals surface area contributed by atoms with Gasteiger partial charge in [-0.1, -0.05) is 140 Å². The molecule has 61 heavy (non-hydrogen) atoms. The highest BCUT2D eigenvalue weighted by Gasteiger charge is 2.17. The molecule has 0 saturated heterocycles. The van der Waals surface area contributed by atoms with Crippen molar-refractivity contribution in [2.24, 2.45) is 0 Å². The molecule has 12 rings (SSSR count). The number of fused-ring (bicyclic) bond motifs is 8. The van der Waals surface area contributed by atoms with Gasteiger partial charge in [-0.2, -0.15) is 0 Å². The van der Waals surface area contributed by atoms with Gasteiger partial charge in [0, 0.05) is 50.0 Å². The summed E-state index contributed by atoms with van der Waals surface area (Å²) in [5.41, 5.74) is 12.7. The Bertz CT molecular complexity index is 3360. The zero-order valence-corrected chi connectivity index (χ0v) is 33.4. The third-order valence-electron chi connectivity index (χ3n) is 12.3. The van der Waals surface area contributed by atoms with E-state index in [9.17, 15) is 0 Å². The van der Waals surface area contributed by atoms with Crippen LogP contribution in [0.25, 0.3) is 88.7 Å². The summed E-state index contributed by atoms with van der Waals surface area (Å²) in [6.07, 6.45) is 4.46. The zero-order valence-electron chi connectivity index (χ0n) is 33.4. The van der Waals surface area contributed by atoms with Crippen molar-refractivity contribution in [3.63, 3.8) is 0 Å². The van der Waals surface area contributed by atoms with Crippen molar-refractivity contribution in [2.75, 3.05) is 4.90 Å². The van der Waals surface area contributed by atoms with E-state index in [2.05, 4.69) is 251 Å². The Labute approximate surface area is 353 Å². The second-order valence-electron chi connectivity index (χ2n) is 15.8. The van der Waals surface area contributed by atoms with Gasteiger partial charge in [0.25, 0.3) is 0 Å². The monoisotopic (exact) mass is 777 g/mol. The summed E-state index contributed by atoms with van der Waals surface area (Å²) in [6.45, 7) is 0. The van der Waals surface area contributed by atoms with E-state index >= 15 is 0 Å². The lowest BCUT2D eigenvalue weighted by atomic mass is 9.99. The smallest absolute Gasteiger partial charge is 0.0541 e. The van der Waals surface area contributed by atoms with Crippen LogP contribution < -0.4 is 4.90 Å².